The molecule has 6 nitrogen and oxygen atoms in total. The highest BCUT2D eigenvalue weighted by Gasteiger charge is 2.15. The first-order chi connectivity index (χ1) is 19.6. The molecule has 3 aromatic heterocycles. The fraction of sp³-hybridized carbons (Fsp3) is 0. The molecule has 0 bridgehead atoms. The van der Waals surface area contributed by atoms with Gasteiger partial charge < -0.3 is 10.3 Å². The molecular formula is C33H22FN5O. The molecule has 0 spiro atoms. The van der Waals surface area contributed by atoms with Gasteiger partial charge in [0.2, 0.25) is 0 Å². The van der Waals surface area contributed by atoms with Gasteiger partial charge in [-0.3, -0.25) is 14.9 Å². The Hall–Kier alpha value is -5.56. The number of halogens is 1. The van der Waals surface area contributed by atoms with Crippen molar-refractivity contribution in [2.24, 2.45) is 0 Å². The van der Waals surface area contributed by atoms with Gasteiger partial charge in [0.25, 0.3) is 5.91 Å². The number of H-pyrrole nitrogens is 2. The van der Waals surface area contributed by atoms with Crippen LogP contribution >= 0.6 is 0 Å². The molecule has 40 heavy (non-hydrogen) atoms. The van der Waals surface area contributed by atoms with Gasteiger partial charge in [-0.1, -0.05) is 48.5 Å². The molecule has 0 atom stereocenters. The summed E-state index contributed by atoms with van der Waals surface area (Å²) >= 11 is 0. The second kappa shape index (κ2) is 9.63. The number of hydrogen-bond donors (Lipinski definition) is 3. The summed E-state index contributed by atoms with van der Waals surface area (Å²) in [5.41, 5.74) is 8.50. The van der Waals surface area contributed by atoms with Crippen LogP contribution in [0.3, 0.4) is 0 Å². The van der Waals surface area contributed by atoms with Crippen molar-refractivity contribution in [1.29, 1.82) is 0 Å². The number of carbonyl (C=O) groups is 1. The number of carbonyl (C=O) groups excluding carboxylic acids is 1. The third-order valence-electron chi connectivity index (χ3n) is 7.00. The van der Waals surface area contributed by atoms with E-state index in [9.17, 15) is 9.18 Å². The van der Waals surface area contributed by atoms with Crippen LogP contribution in [0.5, 0.6) is 0 Å². The van der Waals surface area contributed by atoms with Gasteiger partial charge in [0.15, 0.2) is 0 Å². The van der Waals surface area contributed by atoms with Crippen LogP contribution in [-0.2, 0) is 0 Å². The van der Waals surface area contributed by atoms with Crippen molar-refractivity contribution in [3.63, 3.8) is 0 Å². The normalized spacial score (nSPS) is 11.2. The Morgan fingerprint density at radius 2 is 1.55 bits per heavy atom. The molecule has 0 radical (unpaired) electrons. The predicted molar refractivity (Wildman–Crippen MR) is 156 cm³/mol. The minimum Gasteiger partial charge on any atom is -0.353 e. The Labute approximate surface area is 228 Å². The Morgan fingerprint density at radius 1 is 0.725 bits per heavy atom. The third-order valence-corrected chi connectivity index (χ3v) is 7.00. The third kappa shape index (κ3) is 4.29. The zero-order valence-electron chi connectivity index (χ0n) is 21.2. The average Bonchev–Trinajstić information content (AvgIpc) is 3.62. The molecule has 0 saturated heterocycles. The molecule has 3 heterocycles. The van der Waals surface area contributed by atoms with E-state index in [1.807, 2.05) is 54.6 Å². The number of aromatic nitrogens is 4. The Kier molecular flexibility index (Phi) is 5.67. The number of benzene rings is 4. The van der Waals surface area contributed by atoms with Crippen LogP contribution in [-0.4, -0.2) is 26.1 Å². The maximum Gasteiger partial charge on any atom is 0.255 e. The molecule has 0 fully saturated rings. The number of pyridine rings is 1. The van der Waals surface area contributed by atoms with E-state index in [2.05, 4.69) is 37.6 Å². The molecule has 4 aromatic carbocycles. The van der Waals surface area contributed by atoms with E-state index in [1.54, 1.807) is 36.7 Å². The van der Waals surface area contributed by atoms with E-state index in [4.69, 9.17) is 0 Å². The van der Waals surface area contributed by atoms with Gasteiger partial charge in [-0.2, -0.15) is 5.10 Å². The molecule has 3 N–H and O–H groups in total. The van der Waals surface area contributed by atoms with Crippen LogP contribution in [0, 0.1) is 5.82 Å². The van der Waals surface area contributed by atoms with Crippen molar-refractivity contribution < 1.29 is 9.18 Å². The van der Waals surface area contributed by atoms with Crippen molar-refractivity contribution in [2.75, 3.05) is 5.32 Å². The molecule has 192 valence electrons. The highest BCUT2D eigenvalue weighted by atomic mass is 19.1. The first-order valence-electron chi connectivity index (χ1n) is 12.8. The SMILES string of the molecule is O=C(Nc1cncc(-c2ccc3[nH]nc(-c4cc5c(-c6ccc(F)cc6)cccc5[nH]4)c3c2)c1)c1ccccc1. The maximum absolute atomic E-state index is 13.5. The molecular weight excluding hydrogens is 501 g/mol. The van der Waals surface area contributed by atoms with Gasteiger partial charge in [0.05, 0.1) is 23.1 Å². The number of nitrogens with zero attached hydrogens (tertiary/aromatic N) is 2. The number of amides is 1. The van der Waals surface area contributed by atoms with E-state index < -0.39 is 0 Å². The summed E-state index contributed by atoms with van der Waals surface area (Å²) in [6.07, 6.45) is 3.41. The summed E-state index contributed by atoms with van der Waals surface area (Å²) in [5.74, 6) is -0.449. The lowest BCUT2D eigenvalue weighted by atomic mass is 10.0. The molecule has 1 amide bonds. The Balaban J connectivity index is 1.25. The highest BCUT2D eigenvalue weighted by molar-refractivity contribution is 6.05. The standard InChI is InChI=1S/C33H22FN5O/c34-24-12-9-20(10-13-24)26-7-4-8-29-27(26)17-31(37-29)32-28-16-22(11-14-30(28)38-39-32)23-15-25(19-35-18-23)36-33(40)21-5-2-1-3-6-21/h1-19,37H,(H,36,40)(H,38,39). The van der Waals surface area contributed by atoms with Gasteiger partial charge >= 0.3 is 0 Å². The molecule has 7 aromatic rings. The van der Waals surface area contributed by atoms with Crippen molar-refractivity contribution >= 4 is 33.4 Å². The summed E-state index contributed by atoms with van der Waals surface area (Å²) in [6.45, 7) is 0. The number of hydrogen-bond acceptors (Lipinski definition) is 3. The number of aromatic amines is 2. The Bertz CT molecular complexity index is 2010. The first kappa shape index (κ1) is 23.5. The zero-order chi connectivity index (χ0) is 27.1. The van der Waals surface area contributed by atoms with Crippen molar-refractivity contribution in [3.8, 4) is 33.6 Å². The molecule has 0 aliphatic heterocycles. The molecule has 0 aliphatic rings. The fourth-order valence-corrected chi connectivity index (χ4v) is 5.02. The topological polar surface area (TPSA) is 86.5 Å². The van der Waals surface area contributed by atoms with Crippen molar-refractivity contribution in [1.82, 2.24) is 20.2 Å². The second-order valence-corrected chi connectivity index (χ2v) is 9.57. The van der Waals surface area contributed by atoms with Gasteiger partial charge in [0.1, 0.15) is 11.5 Å². The van der Waals surface area contributed by atoms with Crippen LogP contribution in [0.4, 0.5) is 10.1 Å². The summed E-state index contributed by atoms with van der Waals surface area (Å²) in [7, 11) is 0. The number of nitrogens with one attached hydrogen (secondary N) is 3. The monoisotopic (exact) mass is 523 g/mol. The molecule has 0 saturated carbocycles. The minimum absolute atomic E-state index is 0.189. The largest absolute Gasteiger partial charge is 0.353 e. The van der Waals surface area contributed by atoms with E-state index in [0.717, 1.165) is 55.4 Å². The van der Waals surface area contributed by atoms with Gasteiger partial charge in [0, 0.05) is 33.6 Å². The first-order valence-corrected chi connectivity index (χ1v) is 12.8. The molecule has 7 rings (SSSR count). The lowest BCUT2D eigenvalue weighted by Gasteiger charge is -2.08. The van der Waals surface area contributed by atoms with Crippen LogP contribution in [0.25, 0.3) is 55.4 Å². The number of fused-ring (bicyclic) bond motifs is 2. The lowest BCUT2D eigenvalue weighted by Crippen LogP contribution is -2.11. The summed E-state index contributed by atoms with van der Waals surface area (Å²) in [6, 6.07) is 31.7. The smallest absolute Gasteiger partial charge is 0.255 e. The van der Waals surface area contributed by atoms with Gasteiger partial charge in [-0.05, 0) is 71.3 Å². The lowest BCUT2D eigenvalue weighted by molar-refractivity contribution is 0.102. The van der Waals surface area contributed by atoms with E-state index in [1.165, 1.54) is 12.1 Å². The van der Waals surface area contributed by atoms with Crippen LogP contribution in [0.15, 0.2) is 116 Å². The van der Waals surface area contributed by atoms with E-state index in [-0.39, 0.29) is 11.7 Å². The van der Waals surface area contributed by atoms with E-state index in [0.29, 0.717) is 11.3 Å². The summed E-state index contributed by atoms with van der Waals surface area (Å²) in [4.78, 5) is 20.5. The van der Waals surface area contributed by atoms with Crippen LogP contribution < -0.4 is 5.32 Å². The zero-order valence-corrected chi connectivity index (χ0v) is 21.2. The molecule has 7 heteroatoms. The predicted octanol–water partition coefficient (Wildman–Crippen LogP) is 7.83. The quantitative estimate of drug-likeness (QED) is 0.215. The van der Waals surface area contributed by atoms with Crippen molar-refractivity contribution in [3.05, 3.63) is 127 Å². The minimum atomic E-state index is -0.260. The Morgan fingerprint density at radius 3 is 2.40 bits per heavy atom. The van der Waals surface area contributed by atoms with Crippen LogP contribution in [0.2, 0.25) is 0 Å². The second-order valence-electron chi connectivity index (χ2n) is 9.57. The van der Waals surface area contributed by atoms with Crippen LogP contribution in [0.1, 0.15) is 10.4 Å². The summed E-state index contributed by atoms with van der Waals surface area (Å²) < 4.78 is 13.5. The van der Waals surface area contributed by atoms with E-state index >= 15 is 0 Å². The number of anilines is 1. The summed E-state index contributed by atoms with van der Waals surface area (Å²) in [5, 5.41) is 12.7. The van der Waals surface area contributed by atoms with Gasteiger partial charge in [-0.25, -0.2) is 4.39 Å². The van der Waals surface area contributed by atoms with Gasteiger partial charge in [-0.15, -0.1) is 0 Å². The fourth-order valence-electron chi connectivity index (χ4n) is 5.02. The molecule has 0 aliphatic carbocycles. The highest BCUT2D eigenvalue weighted by Crippen LogP contribution is 2.35. The molecule has 0 unspecified atom stereocenters. The van der Waals surface area contributed by atoms with Crippen molar-refractivity contribution in [2.45, 2.75) is 0 Å². The average molecular weight is 524 g/mol. The number of rotatable bonds is 5. The maximum atomic E-state index is 13.5.